The van der Waals surface area contributed by atoms with Gasteiger partial charge in [0.25, 0.3) is 5.97 Å². The Morgan fingerprint density at radius 3 is 2.36 bits per heavy atom. The molecule has 0 fully saturated rings. The predicted molar refractivity (Wildman–Crippen MR) is 86.9 cm³/mol. The molecule has 0 saturated heterocycles. The average molecular weight is 295 g/mol. The number of benzene rings is 1. The number of para-hydroxylation sites is 1. The Kier molecular flexibility index (Phi) is 4.68. The molecule has 0 aliphatic rings. The summed E-state index contributed by atoms with van der Waals surface area (Å²) in [7, 11) is 0. The van der Waals surface area contributed by atoms with Crippen LogP contribution in [0.5, 0.6) is 0 Å². The molecule has 0 saturated carbocycles. The molecule has 0 atom stereocenters. The normalized spacial score (nSPS) is 9.91. The van der Waals surface area contributed by atoms with Crippen LogP contribution in [0.15, 0.2) is 54.9 Å². The Hall–Kier alpha value is -2.95. The number of nitrogens with one attached hydrogen (secondary N) is 1. The first kappa shape index (κ1) is 15.4. The van der Waals surface area contributed by atoms with Gasteiger partial charge in [-0.15, -0.1) is 0 Å². The molecular weight excluding hydrogens is 278 g/mol. The van der Waals surface area contributed by atoms with Gasteiger partial charge in [0, 0.05) is 36.0 Å². The van der Waals surface area contributed by atoms with E-state index in [0.717, 1.165) is 29.2 Å². The zero-order valence-corrected chi connectivity index (χ0v) is 12.4. The lowest BCUT2D eigenvalue weighted by molar-refractivity contribution is -0.134. The van der Waals surface area contributed by atoms with Gasteiger partial charge in [-0.3, -0.25) is 4.79 Å². The third kappa shape index (κ3) is 3.38. The van der Waals surface area contributed by atoms with Crippen LogP contribution >= 0.6 is 0 Å². The molecule has 0 radical (unpaired) electrons. The standard InChI is InChI=1S/C15H13N3.C2H4O2/c1-11(16)13-10-18(15-8-4-5-9-17-15)14-7-3-2-6-12(13)14;1-2(3)4/h2-10,16H,1H3;1H3,(H,3,4). The zero-order chi connectivity index (χ0) is 16.1. The third-order valence-electron chi connectivity index (χ3n) is 3.01. The van der Waals surface area contributed by atoms with Gasteiger partial charge in [-0.2, -0.15) is 0 Å². The van der Waals surface area contributed by atoms with Gasteiger partial charge in [0.15, 0.2) is 0 Å². The molecule has 2 N–H and O–H groups in total. The number of carbonyl (C=O) groups is 1. The summed E-state index contributed by atoms with van der Waals surface area (Å²) in [4.78, 5) is 13.4. The summed E-state index contributed by atoms with van der Waals surface area (Å²) < 4.78 is 2.03. The first-order valence-corrected chi connectivity index (χ1v) is 6.77. The van der Waals surface area contributed by atoms with Crippen molar-refractivity contribution in [3.8, 4) is 5.82 Å². The quantitative estimate of drug-likeness (QED) is 0.710. The smallest absolute Gasteiger partial charge is 0.300 e. The zero-order valence-electron chi connectivity index (χ0n) is 12.4. The minimum atomic E-state index is -0.833. The minimum Gasteiger partial charge on any atom is -0.481 e. The highest BCUT2D eigenvalue weighted by Gasteiger charge is 2.10. The Morgan fingerprint density at radius 2 is 1.77 bits per heavy atom. The lowest BCUT2D eigenvalue weighted by Crippen LogP contribution is -1.94. The molecule has 2 aromatic heterocycles. The Bertz CT molecular complexity index is 803. The molecule has 5 heteroatoms. The summed E-state index contributed by atoms with van der Waals surface area (Å²) in [6.45, 7) is 2.89. The number of nitrogens with zero attached hydrogens (tertiary/aromatic N) is 2. The molecule has 0 unspecified atom stereocenters. The van der Waals surface area contributed by atoms with Crippen LogP contribution in [0.2, 0.25) is 0 Å². The number of fused-ring (bicyclic) bond motifs is 1. The van der Waals surface area contributed by atoms with Gasteiger partial charge < -0.3 is 15.1 Å². The molecule has 0 amide bonds. The molecule has 22 heavy (non-hydrogen) atoms. The van der Waals surface area contributed by atoms with Gasteiger partial charge in [-0.1, -0.05) is 24.3 Å². The fraction of sp³-hybridized carbons (Fsp3) is 0.118. The fourth-order valence-corrected chi connectivity index (χ4v) is 2.16. The predicted octanol–water partition coefficient (Wildman–Crippen LogP) is 3.50. The van der Waals surface area contributed by atoms with Crippen molar-refractivity contribution in [1.29, 1.82) is 5.41 Å². The Balaban J connectivity index is 0.000000396. The molecule has 0 spiro atoms. The van der Waals surface area contributed by atoms with E-state index in [2.05, 4.69) is 11.1 Å². The van der Waals surface area contributed by atoms with E-state index in [1.54, 1.807) is 6.20 Å². The van der Waals surface area contributed by atoms with Crippen molar-refractivity contribution in [1.82, 2.24) is 9.55 Å². The van der Waals surface area contributed by atoms with Crippen LogP contribution in [0.3, 0.4) is 0 Å². The largest absolute Gasteiger partial charge is 0.481 e. The van der Waals surface area contributed by atoms with Crippen LogP contribution in [-0.2, 0) is 4.79 Å². The van der Waals surface area contributed by atoms with Gasteiger partial charge in [-0.05, 0) is 25.1 Å². The lowest BCUT2D eigenvalue weighted by atomic mass is 10.1. The van der Waals surface area contributed by atoms with Crippen molar-refractivity contribution in [2.45, 2.75) is 13.8 Å². The van der Waals surface area contributed by atoms with Crippen LogP contribution in [-0.4, -0.2) is 26.3 Å². The molecule has 0 aliphatic carbocycles. The van der Waals surface area contributed by atoms with Gasteiger partial charge >= 0.3 is 0 Å². The highest BCUT2D eigenvalue weighted by atomic mass is 16.4. The molecule has 0 bridgehead atoms. The maximum absolute atomic E-state index is 9.00. The number of carboxylic acid groups (broad SMARTS) is 1. The highest BCUT2D eigenvalue weighted by Crippen LogP contribution is 2.24. The van der Waals surface area contributed by atoms with Gasteiger partial charge in [0.2, 0.25) is 0 Å². The van der Waals surface area contributed by atoms with Crippen LogP contribution in [0.4, 0.5) is 0 Å². The number of hydrogen-bond donors (Lipinski definition) is 2. The topological polar surface area (TPSA) is 79.0 Å². The van der Waals surface area contributed by atoms with Gasteiger partial charge in [-0.25, -0.2) is 4.98 Å². The van der Waals surface area contributed by atoms with Crippen molar-refractivity contribution >= 4 is 22.6 Å². The maximum atomic E-state index is 9.00. The monoisotopic (exact) mass is 295 g/mol. The van der Waals surface area contributed by atoms with Crippen LogP contribution in [0.1, 0.15) is 19.4 Å². The summed E-state index contributed by atoms with van der Waals surface area (Å²) in [6, 6.07) is 13.9. The van der Waals surface area contributed by atoms with E-state index in [1.165, 1.54) is 0 Å². The summed E-state index contributed by atoms with van der Waals surface area (Å²) in [6.07, 6.45) is 3.76. The minimum absolute atomic E-state index is 0.570. The van der Waals surface area contributed by atoms with Crippen molar-refractivity contribution < 1.29 is 9.90 Å². The van der Waals surface area contributed by atoms with E-state index in [1.807, 2.05) is 54.1 Å². The van der Waals surface area contributed by atoms with E-state index >= 15 is 0 Å². The SMILES string of the molecule is CC(=N)c1cn(-c2ccccn2)c2ccccc12.CC(=O)O. The van der Waals surface area contributed by atoms with Crippen LogP contribution in [0, 0.1) is 5.41 Å². The second-order valence-corrected chi connectivity index (χ2v) is 4.76. The first-order valence-electron chi connectivity index (χ1n) is 6.77. The number of aliphatic carboxylic acids is 1. The first-order chi connectivity index (χ1) is 10.5. The van der Waals surface area contributed by atoms with Crippen molar-refractivity contribution in [3.63, 3.8) is 0 Å². The molecular formula is C17H17N3O2. The van der Waals surface area contributed by atoms with Crippen LogP contribution in [0.25, 0.3) is 16.7 Å². The lowest BCUT2D eigenvalue weighted by Gasteiger charge is -2.02. The summed E-state index contributed by atoms with van der Waals surface area (Å²) >= 11 is 0. The molecule has 5 nitrogen and oxygen atoms in total. The molecule has 3 aromatic rings. The number of rotatable bonds is 2. The fourth-order valence-electron chi connectivity index (χ4n) is 2.16. The molecule has 112 valence electrons. The molecule has 3 rings (SSSR count). The van der Waals surface area contributed by atoms with Crippen LogP contribution < -0.4 is 0 Å². The molecule has 2 heterocycles. The van der Waals surface area contributed by atoms with Crippen molar-refractivity contribution in [3.05, 3.63) is 60.4 Å². The Morgan fingerprint density at radius 1 is 1.14 bits per heavy atom. The average Bonchev–Trinajstić information content (AvgIpc) is 2.87. The van der Waals surface area contributed by atoms with E-state index in [0.29, 0.717) is 5.71 Å². The Labute approximate surface area is 128 Å². The maximum Gasteiger partial charge on any atom is 0.300 e. The van der Waals surface area contributed by atoms with Gasteiger partial charge in [0.05, 0.1) is 5.52 Å². The van der Waals surface area contributed by atoms with Crippen molar-refractivity contribution in [2.24, 2.45) is 0 Å². The number of pyridine rings is 1. The van der Waals surface area contributed by atoms with E-state index in [-0.39, 0.29) is 0 Å². The second-order valence-electron chi connectivity index (χ2n) is 4.76. The molecule has 1 aromatic carbocycles. The number of carboxylic acids is 1. The highest BCUT2D eigenvalue weighted by molar-refractivity contribution is 6.08. The van der Waals surface area contributed by atoms with E-state index in [4.69, 9.17) is 15.3 Å². The number of aromatic nitrogens is 2. The summed E-state index contributed by atoms with van der Waals surface area (Å²) in [5, 5.41) is 16.4. The molecule has 0 aliphatic heterocycles. The summed E-state index contributed by atoms with van der Waals surface area (Å²) in [5.74, 6) is 0.0428. The third-order valence-corrected chi connectivity index (χ3v) is 3.01. The summed E-state index contributed by atoms with van der Waals surface area (Å²) in [5.41, 5.74) is 2.61. The van der Waals surface area contributed by atoms with Crippen molar-refractivity contribution in [2.75, 3.05) is 0 Å². The van der Waals surface area contributed by atoms with E-state index < -0.39 is 5.97 Å². The number of hydrogen-bond acceptors (Lipinski definition) is 3. The second kappa shape index (κ2) is 6.67. The van der Waals surface area contributed by atoms with Gasteiger partial charge in [0.1, 0.15) is 5.82 Å². The van der Waals surface area contributed by atoms with E-state index in [9.17, 15) is 0 Å².